The first-order chi connectivity index (χ1) is 9.13. The normalized spacial score (nSPS) is 18.3. The largest absolute Gasteiger partial charge is 0.314 e. The molecule has 1 aliphatic rings. The molecule has 1 fully saturated rings. The maximum atomic E-state index is 13.9. The number of piperazine rings is 1. The van der Waals surface area contributed by atoms with E-state index in [0.717, 1.165) is 32.2 Å². The van der Waals surface area contributed by atoms with Gasteiger partial charge in [-0.05, 0) is 12.5 Å². The molecule has 0 aromatic heterocycles. The third-order valence-electron chi connectivity index (χ3n) is 3.38. The van der Waals surface area contributed by atoms with E-state index in [1.165, 1.54) is 0 Å². The van der Waals surface area contributed by atoms with E-state index < -0.39 is 17.5 Å². The Morgan fingerprint density at radius 3 is 2.42 bits per heavy atom. The maximum absolute atomic E-state index is 13.9. The molecule has 1 atom stereocenters. The van der Waals surface area contributed by atoms with Gasteiger partial charge in [0.1, 0.15) is 5.82 Å². The van der Waals surface area contributed by atoms with E-state index in [2.05, 4.69) is 16.8 Å². The maximum Gasteiger partial charge on any atom is 0.161 e. The van der Waals surface area contributed by atoms with Crippen molar-refractivity contribution in [3.8, 4) is 0 Å². The second kappa shape index (κ2) is 6.21. The second-order valence-electron chi connectivity index (χ2n) is 4.61. The molecule has 1 aliphatic heterocycles. The lowest BCUT2D eigenvalue weighted by atomic mass is 10.00. The van der Waals surface area contributed by atoms with Gasteiger partial charge in [0.15, 0.2) is 11.6 Å². The summed E-state index contributed by atoms with van der Waals surface area (Å²) in [5, 5.41) is 3.20. The van der Waals surface area contributed by atoms with Crippen LogP contribution in [0.5, 0.6) is 0 Å². The summed E-state index contributed by atoms with van der Waals surface area (Å²) in [5.41, 5.74) is 0.195. The minimum Gasteiger partial charge on any atom is -0.314 e. The molecule has 0 unspecified atom stereocenters. The molecule has 1 aromatic rings. The molecule has 104 valence electrons. The van der Waals surface area contributed by atoms with Crippen LogP contribution in [0, 0.1) is 17.5 Å². The van der Waals surface area contributed by atoms with E-state index in [4.69, 9.17) is 0 Å². The molecule has 1 N–H and O–H groups in total. The molecule has 2 nitrogen and oxygen atoms in total. The van der Waals surface area contributed by atoms with Crippen LogP contribution in [0.15, 0.2) is 24.8 Å². The van der Waals surface area contributed by atoms with Crippen LogP contribution in [0.2, 0.25) is 0 Å². The summed E-state index contributed by atoms with van der Waals surface area (Å²) < 4.78 is 40.2. The molecule has 0 amide bonds. The molecule has 1 aromatic carbocycles. The van der Waals surface area contributed by atoms with Gasteiger partial charge in [-0.2, -0.15) is 0 Å². The Hall–Kier alpha value is -1.33. The third kappa shape index (κ3) is 3.16. The highest BCUT2D eigenvalue weighted by atomic mass is 19.2. The quantitative estimate of drug-likeness (QED) is 0.668. The Kier molecular flexibility index (Phi) is 4.61. The molecule has 1 saturated heterocycles. The summed E-state index contributed by atoms with van der Waals surface area (Å²) in [6.07, 6.45) is 2.18. The van der Waals surface area contributed by atoms with E-state index >= 15 is 0 Å². The highest BCUT2D eigenvalue weighted by molar-refractivity contribution is 5.24. The molecule has 1 heterocycles. The van der Waals surface area contributed by atoms with Crippen molar-refractivity contribution in [2.24, 2.45) is 0 Å². The van der Waals surface area contributed by atoms with Gasteiger partial charge in [-0.1, -0.05) is 6.08 Å². The fourth-order valence-corrected chi connectivity index (χ4v) is 2.42. The summed E-state index contributed by atoms with van der Waals surface area (Å²) in [5.74, 6) is -2.87. The first-order valence-corrected chi connectivity index (χ1v) is 6.33. The first-order valence-electron chi connectivity index (χ1n) is 6.33. The van der Waals surface area contributed by atoms with Gasteiger partial charge in [0.25, 0.3) is 0 Å². The van der Waals surface area contributed by atoms with E-state index in [1.807, 2.05) is 0 Å². The Bertz CT molecular complexity index is 456. The van der Waals surface area contributed by atoms with Crippen molar-refractivity contribution in [2.75, 3.05) is 26.2 Å². The Morgan fingerprint density at radius 2 is 1.79 bits per heavy atom. The molecule has 19 heavy (non-hydrogen) atoms. The second-order valence-corrected chi connectivity index (χ2v) is 4.61. The summed E-state index contributed by atoms with van der Waals surface area (Å²) in [4.78, 5) is 2.06. The van der Waals surface area contributed by atoms with Crippen molar-refractivity contribution in [3.05, 3.63) is 47.8 Å². The van der Waals surface area contributed by atoms with Crippen molar-refractivity contribution < 1.29 is 13.2 Å². The van der Waals surface area contributed by atoms with Crippen molar-refractivity contribution in [1.29, 1.82) is 0 Å². The first kappa shape index (κ1) is 14.1. The Labute approximate surface area is 110 Å². The number of nitrogens with one attached hydrogen (secondary N) is 1. The highest BCUT2D eigenvalue weighted by Gasteiger charge is 2.25. The van der Waals surface area contributed by atoms with Crippen LogP contribution in [0.25, 0.3) is 0 Å². The fourth-order valence-electron chi connectivity index (χ4n) is 2.42. The van der Waals surface area contributed by atoms with E-state index in [0.29, 0.717) is 12.5 Å². The average Bonchev–Trinajstić information content (AvgIpc) is 2.42. The van der Waals surface area contributed by atoms with Crippen LogP contribution in [0.3, 0.4) is 0 Å². The van der Waals surface area contributed by atoms with Gasteiger partial charge in [-0.3, -0.25) is 4.90 Å². The average molecular weight is 270 g/mol. The summed E-state index contributed by atoms with van der Waals surface area (Å²) in [6, 6.07) is 1.28. The van der Waals surface area contributed by atoms with Crippen LogP contribution in [0.1, 0.15) is 18.0 Å². The predicted octanol–water partition coefficient (Wildman–Crippen LogP) is 2.63. The van der Waals surface area contributed by atoms with Crippen LogP contribution in [-0.2, 0) is 0 Å². The molecule has 5 heteroatoms. The van der Waals surface area contributed by atoms with Crippen molar-refractivity contribution in [3.63, 3.8) is 0 Å². The monoisotopic (exact) mass is 270 g/mol. The number of rotatable bonds is 4. The molecule has 0 saturated carbocycles. The van der Waals surface area contributed by atoms with Gasteiger partial charge in [-0.15, -0.1) is 6.58 Å². The molecule has 0 radical (unpaired) electrons. The number of hydrogen-bond acceptors (Lipinski definition) is 2. The van der Waals surface area contributed by atoms with Gasteiger partial charge in [0, 0.05) is 43.9 Å². The van der Waals surface area contributed by atoms with Gasteiger partial charge in [0.2, 0.25) is 0 Å². The van der Waals surface area contributed by atoms with E-state index in [9.17, 15) is 13.2 Å². The molecule has 2 rings (SSSR count). The Morgan fingerprint density at radius 1 is 1.16 bits per heavy atom. The lowest BCUT2D eigenvalue weighted by molar-refractivity contribution is 0.171. The summed E-state index contributed by atoms with van der Waals surface area (Å²) in [7, 11) is 0. The number of halogens is 3. The van der Waals surface area contributed by atoms with Gasteiger partial charge >= 0.3 is 0 Å². The minimum absolute atomic E-state index is 0.195. The van der Waals surface area contributed by atoms with Crippen molar-refractivity contribution >= 4 is 0 Å². The van der Waals surface area contributed by atoms with Crippen LogP contribution in [-0.4, -0.2) is 31.1 Å². The molecule has 0 aliphatic carbocycles. The predicted molar refractivity (Wildman–Crippen MR) is 68.3 cm³/mol. The highest BCUT2D eigenvalue weighted by Crippen LogP contribution is 2.28. The lowest BCUT2D eigenvalue weighted by Gasteiger charge is -2.35. The van der Waals surface area contributed by atoms with E-state index in [-0.39, 0.29) is 11.6 Å². The summed E-state index contributed by atoms with van der Waals surface area (Å²) in [6.45, 7) is 6.76. The summed E-state index contributed by atoms with van der Waals surface area (Å²) >= 11 is 0. The van der Waals surface area contributed by atoms with Crippen molar-refractivity contribution in [2.45, 2.75) is 12.5 Å². The van der Waals surface area contributed by atoms with Gasteiger partial charge in [-0.25, -0.2) is 13.2 Å². The molecule has 0 bridgehead atoms. The zero-order chi connectivity index (χ0) is 13.8. The number of nitrogens with zero attached hydrogens (tertiary/aromatic N) is 1. The molecular weight excluding hydrogens is 253 g/mol. The minimum atomic E-state index is -1.15. The van der Waals surface area contributed by atoms with Crippen LogP contribution >= 0.6 is 0 Å². The fraction of sp³-hybridized carbons (Fsp3) is 0.429. The van der Waals surface area contributed by atoms with Gasteiger partial charge < -0.3 is 5.32 Å². The zero-order valence-corrected chi connectivity index (χ0v) is 10.6. The molecular formula is C14H17F3N2. The SMILES string of the molecule is C=CC[C@@H](c1cc(F)c(F)cc1F)N1CCNCC1. The van der Waals surface area contributed by atoms with E-state index in [1.54, 1.807) is 6.08 Å². The smallest absolute Gasteiger partial charge is 0.161 e. The number of hydrogen-bond donors (Lipinski definition) is 1. The number of benzene rings is 1. The van der Waals surface area contributed by atoms with Crippen LogP contribution in [0.4, 0.5) is 13.2 Å². The lowest BCUT2D eigenvalue weighted by Crippen LogP contribution is -2.45. The van der Waals surface area contributed by atoms with Gasteiger partial charge in [0.05, 0.1) is 0 Å². The standard InChI is InChI=1S/C14H17F3N2/c1-2-3-14(19-6-4-18-5-7-19)10-8-12(16)13(17)9-11(10)15/h2,8-9,14,18H,1,3-7H2/t14-/m0/s1. The van der Waals surface area contributed by atoms with Crippen LogP contribution < -0.4 is 5.32 Å². The zero-order valence-electron chi connectivity index (χ0n) is 10.6. The Balaban J connectivity index is 2.32. The third-order valence-corrected chi connectivity index (χ3v) is 3.38. The van der Waals surface area contributed by atoms with Crippen molar-refractivity contribution in [1.82, 2.24) is 10.2 Å². The molecule has 0 spiro atoms. The topological polar surface area (TPSA) is 15.3 Å².